The molecule has 1 fully saturated rings. The summed E-state index contributed by atoms with van der Waals surface area (Å²) in [5.41, 5.74) is 4.08. The van der Waals surface area contributed by atoms with Crippen LogP contribution in [0.15, 0.2) is 29.8 Å². The first-order chi connectivity index (χ1) is 13.0. The van der Waals surface area contributed by atoms with Crippen LogP contribution in [0.3, 0.4) is 0 Å². The van der Waals surface area contributed by atoms with Gasteiger partial charge in [-0.3, -0.25) is 4.79 Å². The van der Waals surface area contributed by atoms with Crippen molar-refractivity contribution in [2.24, 2.45) is 0 Å². The molecule has 6 nitrogen and oxygen atoms in total. The Balaban J connectivity index is 1.61. The van der Waals surface area contributed by atoms with Crippen LogP contribution in [0, 0.1) is 0 Å². The highest BCUT2D eigenvalue weighted by Gasteiger charge is 2.28. The van der Waals surface area contributed by atoms with Crippen LogP contribution in [-0.4, -0.2) is 47.8 Å². The molecule has 2 aromatic heterocycles. The number of nitrogens with one attached hydrogen (secondary N) is 1. The highest BCUT2D eigenvalue weighted by Crippen LogP contribution is 2.35. The van der Waals surface area contributed by atoms with Gasteiger partial charge in [0.1, 0.15) is 0 Å². The van der Waals surface area contributed by atoms with E-state index in [4.69, 9.17) is 0 Å². The fourth-order valence-corrected chi connectivity index (χ4v) is 5.50. The molecule has 27 heavy (non-hydrogen) atoms. The Hall–Kier alpha value is -2.03. The molecule has 4 rings (SSSR count). The Morgan fingerprint density at radius 2 is 2.11 bits per heavy atom. The van der Waals surface area contributed by atoms with E-state index in [0.29, 0.717) is 24.0 Å². The maximum Gasteiger partial charge on any atom is 0.213 e. The van der Waals surface area contributed by atoms with E-state index in [9.17, 15) is 13.2 Å². The van der Waals surface area contributed by atoms with Crippen molar-refractivity contribution < 1.29 is 13.2 Å². The molecular weight excluding hydrogens is 382 g/mol. The third kappa shape index (κ3) is 3.44. The average molecular weight is 404 g/mol. The molecule has 0 spiro atoms. The van der Waals surface area contributed by atoms with Crippen LogP contribution < -0.4 is 0 Å². The van der Waals surface area contributed by atoms with Crippen molar-refractivity contribution in [2.75, 3.05) is 18.8 Å². The van der Waals surface area contributed by atoms with E-state index in [2.05, 4.69) is 16.0 Å². The van der Waals surface area contributed by atoms with Gasteiger partial charge in [-0.1, -0.05) is 6.07 Å². The number of sulfonamides is 1. The standard InChI is InChI=1S/C19H21N3O3S2/c1-2-27(24,25)22-7-5-13(6-8-22)16-10-20-17-4-3-14(9-15(16)17)18-12-26-19(11-23)21-18/h3-4,9-13,20H,2,5-8H2,1H3. The van der Waals surface area contributed by atoms with Gasteiger partial charge in [0.15, 0.2) is 11.3 Å². The predicted octanol–water partition coefficient (Wildman–Crippen LogP) is 3.63. The molecule has 1 aliphatic heterocycles. The number of aldehydes is 1. The van der Waals surface area contributed by atoms with Crippen LogP contribution in [0.5, 0.6) is 0 Å². The SMILES string of the molecule is CCS(=O)(=O)N1CCC(c2c[nH]c3ccc(-c4csc(C=O)n4)cc23)CC1. The molecule has 0 radical (unpaired) electrons. The minimum absolute atomic E-state index is 0.157. The number of thiazole rings is 1. The predicted molar refractivity (Wildman–Crippen MR) is 108 cm³/mol. The number of H-pyrrole nitrogens is 1. The summed E-state index contributed by atoms with van der Waals surface area (Å²) in [6.45, 7) is 2.83. The van der Waals surface area contributed by atoms with Crippen molar-refractivity contribution in [3.8, 4) is 11.3 Å². The molecular formula is C19H21N3O3S2. The lowest BCUT2D eigenvalue weighted by Gasteiger charge is -2.30. The third-order valence-corrected chi connectivity index (χ3v) is 7.94. The molecule has 3 aromatic rings. The summed E-state index contributed by atoms with van der Waals surface area (Å²) in [5, 5.41) is 3.51. The summed E-state index contributed by atoms with van der Waals surface area (Å²) in [6, 6.07) is 6.15. The number of nitrogens with zero attached hydrogens (tertiary/aromatic N) is 2. The number of fused-ring (bicyclic) bond motifs is 1. The summed E-state index contributed by atoms with van der Waals surface area (Å²) < 4.78 is 25.8. The second-order valence-electron chi connectivity index (χ2n) is 6.77. The first-order valence-corrected chi connectivity index (χ1v) is 11.5. The van der Waals surface area contributed by atoms with E-state index < -0.39 is 10.0 Å². The largest absolute Gasteiger partial charge is 0.361 e. The van der Waals surface area contributed by atoms with Gasteiger partial charge in [-0.25, -0.2) is 17.7 Å². The molecule has 1 aliphatic rings. The molecule has 3 heterocycles. The zero-order chi connectivity index (χ0) is 19.0. The maximum atomic E-state index is 12.1. The van der Waals surface area contributed by atoms with Gasteiger partial charge < -0.3 is 4.98 Å². The molecule has 8 heteroatoms. The fraction of sp³-hybridized carbons (Fsp3) is 0.368. The Labute approximate surface area is 162 Å². The van der Waals surface area contributed by atoms with Gasteiger partial charge in [0, 0.05) is 41.1 Å². The van der Waals surface area contributed by atoms with Crippen molar-refractivity contribution >= 4 is 38.5 Å². The number of piperidine rings is 1. The van der Waals surface area contributed by atoms with Crippen LogP contribution in [-0.2, 0) is 10.0 Å². The molecule has 0 unspecified atom stereocenters. The molecule has 1 N–H and O–H groups in total. The number of hydrogen-bond acceptors (Lipinski definition) is 5. The second-order valence-corrected chi connectivity index (χ2v) is 9.91. The number of carbonyl (C=O) groups is 1. The van der Waals surface area contributed by atoms with E-state index in [0.717, 1.165) is 41.3 Å². The third-order valence-electron chi connectivity index (χ3n) is 5.28. The molecule has 0 aliphatic carbocycles. The van der Waals surface area contributed by atoms with Gasteiger partial charge >= 0.3 is 0 Å². The van der Waals surface area contributed by atoms with Gasteiger partial charge in [0.25, 0.3) is 0 Å². The quantitative estimate of drug-likeness (QED) is 0.660. The van der Waals surface area contributed by atoms with Gasteiger partial charge in [0.2, 0.25) is 10.0 Å². The number of carbonyl (C=O) groups excluding carboxylic acids is 1. The Morgan fingerprint density at radius 3 is 2.78 bits per heavy atom. The Bertz CT molecular complexity index is 1080. The summed E-state index contributed by atoms with van der Waals surface area (Å²) in [7, 11) is -3.11. The summed E-state index contributed by atoms with van der Waals surface area (Å²) in [4.78, 5) is 18.6. The van der Waals surface area contributed by atoms with E-state index in [1.54, 1.807) is 11.2 Å². The minimum atomic E-state index is -3.11. The minimum Gasteiger partial charge on any atom is -0.361 e. The van der Waals surface area contributed by atoms with E-state index in [1.807, 2.05) is 23.7 Å². The van der Waals surface area contributed by atoms with E-state index >= 15 is 0 Å². The zero-order valence-electron chi connectivity index (χ0n) is 15.0. The topological polar surface area (TPSA) is 83.1 Å². The molecule has 0 saturated carbocycles. The highest BCUT2D eigenvalue weighted by atomic mass is 32.2. The van der Waals surface area contributed by atoms with Crippen molar-refractivity contribution in [1.82, 2.24) is 14.3 Å². The van der Waals surface area contributed by atoms with Gasteiger partial charge in [-0.05, 0) is 43.4 Å². The molecule has 0 bridgehead atoms. The number of aromatic amines is 1. The Morgan fingerprint density at radius 1 is 1.33 bits per heavy atom. The summed E-state index contributed by atoms with van der Waals surface area (Å²) in [5.74, 6) is 0.489. The first kappa shape index (κ1) is 18.3. The van der Waals surface area contributed by atoms with Gasteiger partial charge in [0.05, 0.1) is 11.4 Å². The molecule has 142 valence electrons. The molecule has 0 atom stereocenters. The number of aromatic nitrogens is 2. The Kier molecular flexibility index (Phi) is 4.88. The smallest absolute Gasteiger partial charge is 0.213 e. The average Bonchev–Trinajstić information content (AvgIpc) is 3.34. The fourth-order valence-electron chi connectivity index (χ4n) is 3.74. The van der Waals surface area contributed by atoms with Crippen molar-refractivity contribution in [2.45, 2.75) is 25.7 Å². The van der Waals surface area contributed by atoms with E-state index in [1.165, 1.54) is 16.9 Å². The van der Waals surface area contributed by atoms with Crippen molar-refractivity contribution in [1.29, 1.82) is 0 Å². The molecule has 1 saturated heterocycles. The summed E-state index contributed by atoms with van der Waals surface area (Å²) in [6.07, 6.45) is 4.46. The second kappa shape index (κ2) is 7.18. The molecule has 1 aromatic carbocycles. The lowest BCUT2D eigenvalue weighted by atomic mass is 9.89. The number of rotatable bonds is 5. The van der Waals surface area contributed by atoms with Crippen molar-refractivity contribution in [3.63, 3.8) is 0 Å². The van der Waals surface area contributed by atoms with Crippen LogP contribution in [0.25, 0.3) is 22.2 Å². The van der Waals surface area contributed by atoms with Crippen LogP contribution in [0.4, 0.5) is 0 Å². The van der Waals surface area contributed by atoms with Crippen LogP contribution in [0.2, 0.25) is 0 Å². The monoisotopic (exact) mass is 403 g/mol. The van der Waals surface area contributed by atoms with Crippen LogP contribution >= 0.6 is 11.3 Å². The lowest BCUT2D eigenvalue weighted by Crippen LogP contribution is -2.38. The van der Waals surface area contributed by atoms with Gasteiger partial charge in [-0.15, -0.1) is 11.3 Å². The van der Waals surface area contributed by atoms with Crippen molar-refractivity contribution in [3.05, 3.63) is 40.3 Å². The molecule has 0 amide bonds. The normalized spacial score (nSPS) is 16.8. The number of hydrogen-bond donors (Lipinski definition) is 1. The zero-order valence-corrected chi connectivity index (χ0v) is 16.6. The first-order valence-electron chi connectivity index (χ1n) is 9.01. The maximum absolute atomic E-state index is 12.1. The lowest BCUT2D eigenvalue weighted by molar-refractivity contribution is 0.112. The van der Waals surface area contributed by atoms with Gasteiger partial charge in [-0.2, -0.15) is 0 Å². The van der Waals surface area contributed by atoms with E-state index in [-0.39, 0.29) is 5.75 Å². The van der Waals surface area contributed by atoms with Crippen LogP contribution in [0.1, 0.15) is 41.0 Å². The number of benzene rings is 1. The highest BCUT2D eigenvalue weighted by molar-refractivity contribution is 7.89. The summed E-state index contributed by atoms with van der Waals surface area (Å²) >= 11 is 1.34.